The van der Waals surface area contributed by atoms with Crippen LogP contribution in [0.15, 0.2) is 24.3 Å². The summed E-state index contributed by atoms with van der Waals surface area (Å²) in [6.07, 6.45) is 0.421. The molecular formula is C17H18ClN5O3. The van der Waals surface area contributed by atoms with Gasteiger partial charge in [0.1, 0.15) is 11.8 Å². The van der Waals surface area contributed by atoms with Gasteiger partial charge in [-0.15, -0.1) is 0 Å². The molecule has 3 amide bonds. The lowest BCUT2D eigenvalue weighted by atomic mass is 10.1. The molecule has 0 aliphatic carbocycles. The van der Waals surface area contributed by atoms with E-state index in [1.54, 1.807) is 33.8 Å². The van der Waals surface area contributed by atoms with Crippen LogP contribution < -0.4 is 10.8 Å². The Kier molecular flexibility index (Phi) is 4.29. The van der Waals surface area contributed by atoms with Crippen LogP contribution in [0.25, 0.3) is 0 Å². The number of fused-ring (bicyclic) bond motifs is 3. The van der Waals surface area contributed by atoms with Crippen molar-refractivity contribution in [2.75, 3.05) is 11.9 Å². The molecule has 0 bridgehead atoms. The highest BCUT2D eigenvalue weighted by Crippen LogP contribution is 2.25. The van der Waals surface area contributed by atoms with Crippen LogP contribution in [-0.4, -0.2) is 39.3 Å². The molecule has 8 nitrogen and oxygen atoms in total. The zero-order chi connectivity index (χ0) is 18.3. The maximum Gasteiger partial charge on any atom is 0.322 e. The second kappa shape index (κ2) is 6.62. The van der Waals surface area contributed by atoms with Crippen molar-refractivity contribution in [3.05, 3.63) is 46.2 Å². The van der Waals surface area contributed by atoms with Crippen LogP contribution in [0.3, 0.4) is 0 Å². The lowest BCUT2D eigenvalue weighted by molar-refractivity contribution is -0.00863. The van der Waals surface area contributed by atoms with Crippen molar-refractivity contribution in [2.45, 2.75) is 32.5 Å². The smallest absolute Gasteiger partial charge is 0.320 e. The zero-order valence-electron chi connectivity index (χ0n) is 14.2. The average Bonchev–Trinajstić information content (AvgIpc) is 2.89. The number of nitrogens with zero attached hydrogens (tertiary/aromatic N) is 3. The summed E-state index contributed by atoms with van der Waals surface area (Å²) in [6, 6.07) is 6.74. The number of hydroxylamine groups is 1. The normalized spacial score (nSPS) is 19.2. The summed E-state index contributed by atoms with van der Waals surface area (Å²) >= 11 is 5.96. The summed E-state index contributed by atoms with van der Waals surface area (Å²) < 4.78 is 1.68. The number of benzene rings is 1. The highest BCUT2D eigenvalue weighted by atomic mass is 35.5. The number of nitrogens with one attached hydrogen (secondary N) is 2. The average molecular weight is 376 g/mol. The van der Waals surface area contributed by atoms with Gasteiger partial charge < -0.3 is 10.2 Å². The molecule has 0 spiro atoms. The molecule has 2 N–H and O–H groups in total. The monoisotopic (exact) mass is 375 g/mol. The van der Waals surface area contributed by atoms with Gasteiger partial charge in [0.05, 0.1) is 18.8 Å². The molecule has 0 saturated heterocycles. The zero-order valence-corrected chi connectivity index (χ0v) is 14.9. The van der Waals surface area contributed by atoms with Crippen molar-refractivity contribution in [2.24, 2.45) is 0 Å². The van der Waals surface area contributed by atoms with Crippen LogP contribution in [-0.2, 0) is 24.3 Å². The van der Waals surface area contributed by atoms with Gasteiger partial charge in [0.15, 0.2) is 0 Å². The van der Waals surface area contributed by atoms with E-state index < -0.39 is 0 Å². The number of hydrogen-bond donors (Lipinski definition) is 2. The molecule has 0 radical (unpaired) electrons. The minimum absolute atomic E-state index is 0.177. The number of carbonyl (C=O) groups is 2. The SMILES string of the molecule is CC1Cn2nc3c(c2C(=O)NO1)CN(C(=O)Nc1cccc(Cl)c1)CC3. The van der Waals surface area contributed by atoms with Crippen LogP contribution in [0.5, 0.6) is 0 Å². The van der Waals surface area contributed by atoms with Gasteiger partial charge in [0.25, 0.3) is 5.91 Å². The molecule has 2 aromatic rings. The first kappa shape index (κ1) is 16.9. The van der Waals surface area contributed by atoms with Gasteiger partial charge in [-0.25, -0.2) is 10.3 Å². The van der Waals surface area contributed by atoms with Crippen LogP contribution >= 0.6 is 11.6 Å². The topological polar surface area (TPSA) is 88.5 Å². The molecule has 1 aromatic heterocycles. The maximum absolute atomic E-state index is 12.6. The van der Waals surface area contributed by atoms with Gasteiger partial charge in [0, 0.05) is 29.2 Å². The van der Waals surface area contributed by atoms with Gasteiger partial charge >= 0.3 is 6.03 Å². The molecule has 3 heterocycles. The summed E-state index contributed by atoms with van der Waals surface area (Å²) in [5, 5.41) is 7.93. The highest BCUT2D eigenvalue weighted by Gasteiger charge is 2.32. The number of rotatable bonds is 1. The van der Waals surface area contributed by atoms with Crippen molar-refractivity contribution < 1.29 is 14.4 Å². The van der Waals surface area contributed by atoms with E-state index in [4.69, 9.17) is 16.4 Å². The maximum atomic E-state index is 12.6. The number of halogens is 1. The molecule has 2 aliphatic rings. The third-order valence-corrected chi connectivity index (χ3v) is 4.70. The molecule has 1 atom stereocenters. The fourth-order valence-corrected chi connectivity index (χ4v) is 3.43. The Morgan fingerprint density at radius 1 is 1.46 bits per heavy atom. The second-order valence-electron chi connectivity index (χ2n) is 6.43. The van der Waals surface area contributed by atoms with Crippen molar-refractivity contribution >= 4 is 29.2 Å². The number of urea groups is 1. The molecule has 1 unspecified atom stereocenters. The van der Waals surface area contributed by atoms with Crippen molar-refractivity contribution in [1.82, 2.24) is 20.2 Å². The van der Waals surface area contributed by atoms with Crippen molar-refractivity contribution in [1.29, 1.82) is 0 Å². The van der Waals surface area contributed by atoms with E-state index in [0.717, 1.165) is 11.3 Å². The van der Waals surface area contributed by atoms with Gasteiger partial charge in [-0.1, -0.05) is 17.7 Å². The van der Waals surface area contributed by atoms with Gasteiger partial charge in [0.2, 0.25) is 0 Å². The van der Waals surface area contributed by atoms with E-state index in [2.05, 4.69) is 15.9 Å². The third kappa shape index (κ3) is 3.13. The molecule has 2 aliphatic heterocycles. The predicted molar refractivity (Wildman–Crippen MR) is 94.8 cm³/mol. The van der Waals surface area contributed by atoms with E-state index in [1.165, 1.54) is 0 Å². The lowest BCUT2D eigenvalue weighted by Gasteiger charge is -2.27. The van der Waals surface area contributed by atoms with Gasteiger partial charge in [-0.2, -0.15) is 5.10 Å². The first-order chi connectivity index (χ1) is 12.5. The fourth-order valence-electron chi connectivity index (χ4n) is 3.24. The van der Waals surface area contributed by atoms with Crippen LogP contribution in [0, 0.1) is 0 Å². The Morgan fingerprint density at radius 3 is 3.12 bits per heavy atom. The Morgan fingerprint density at radius 2 is 2.31 bits per heavy atom. The predicted octanol–water partition coefficient (Wildman–Crippen LogP) is 2.19. The second-order valence-corrected chi connectivity index (χ2v) is 6.86. The Hall–Kier alpha value is -2.58. The molecule has 4 rings (SSSR count). The minimum atomic E-state index is -0.333. The van der Waals surface area contributed by atoms with E-state index in [0.29, 0.717) is 42.5 Å². The fraction of sp³-hybridized carbons (Fsp3) is 0.353. The van der Waals surface area contributed by atoms with E-state index >= 15 is 0 Å². The summed E-state index contributed by atoms with van der Waals surface area (Å²) in [6.45, 7) is 3.19. The van der Waals surface area contributed by atoms with Gasteiger partial charge in [-0.3, -0.25) is 14.3 Å². The number of anilines is 1. The molecule has 0 saturated carbocycles. The number of hydrogen-bond acceptors (Lipinski definition) is 4. The number of carbonyl (C=O) groups excluding carboxylic acids is 2. The standard InChI is InChI=1S/C17H18ClN5O3/c1-10-8-23-15(16(24)21-26-10)13-9-22(6-5-14(13)20-23)17(25)19-12-4-2-3-11(18)7-12/h2-4,7,10H,5-6,8-9H2,1H3,(H,19,25)(H,21,24). The third-order valence-electron chi connectivity index (χ3n) is 4.46. The Labute approximate surface area is 155 Å². The molecular weight excluding hydrogens is 358 g/mol. The summed E-state index contributed by atoms with van der Waals surface area (Å²) in [4.78, 5) is 31.9. The minimum Gasteiger partial charge on any atom is -0.320 e. The lowest BCUT2D eigenvalue weighted by Crippen LogP contribution is -2.39. The van der Waals surface area contributed by atoms with E-state index in [1.807, 2.05) is 6.92 Å². The van der Waals surface area contributed by atoms with E-state index in [9.17, 15) is 9.59 Å². The van der Waals surface area contributed by atoms with Crippen LogP contribution in [0.1, 0.15) is 28.7 Å². The quantitative estimate of drug-likeness (QED) is 0.799. The Balaban J connectivity index is 1.56. The summed E-state index contributed by atoms with van der Waals surface area (Å²) in [5.74, 6) is -0.333. The first-order valence-electron chi connectivity index (χ1n) is 8.37. The van der Waals surface area contributed by atoms with Crippen LogP contribution in [0.2, 0.25) is 5.02 Å². The largest absolute Gasteiger partial charge is 0.322 e. The molecule has 9 heteroatoms. The van der Waals surface area contributed by atoms with Crippen molar-refractivity contribution in [3.63, 3.8) is 0 Å². The van der Waals surface area contributed by atoms with Gasteiger partial charge in [-0.05, 0) is 25.1 Å². The van der Waals surface area contributed by atoms with E-state index in [-0.39, 0.29) is 18.0 Å². The summed E-state index contributed by atoms with van der Waals surface area (Å²) in [5.41, 5.74) is 5.16. The molecule has 1 aromatic carbocycles. The molecule has 0 fully saturated rings. The first-order valence-corrected chi connectivity index (χ1v) is 8.75. The Bertz CT molecular complexity index is 881. The number of aromatic nitrogens is 2. The summed E-state index contributed by atoms with van der Waals surface area (Å²) in [7, 11) is 0. The molecule has 136 valence electrons. The number of amides is 3. The van der Waals surface area contributed by atoms with Crippen molar-refractivity contribution in [3.8, 4) is 0 Å². The molecule has 26 heavy (non-hydrogen) atoms. The highest BCUT2D eigenvalue weighted by molar-refractivity contribution is 6.30. The van der Waals surface area contributed by atoms with Crippen LogP contribution in [0.4, 0.5) is 10.5 Å².